The average molecular weight is 419 g/mol. The van der Waals surface area contributed by atoms with E-state index >= 15 is 0 Å². The summed E-state index contributed by atoms with van der Waals surface area (Å²) in [6.45, 7) is 7.00. The molecule has 1 aromatic carbocycles. The first-order valence-corrected chi connectivity index (χ1v) is 10.4. The van der Waals surface area contributed by atoms with Crippen LogP contribution in [-0.4, -0.2) is 59.1 Å². The van der Waals surface area contributed by atoms with E-state index in [-0.39, 0.29) is 0 Å². The Morgan fingerprint density at radius 2 is 2.00 bits per heavy atom. The molecule has 160 valence electrons. The zero-order chi connectivity index (χ0) is 21.7. The van der Waals surface area contributed by atoms with E-state index in [9.17, 15) is 4.79 Å². The van der Waals surface area contributed by atoms with Crippen LogP contribution in [0.15, 0.2) is 45.9 Å². The monoisotopic (exact) mass is 419 g/mol. The van der Waals surface area contributed by atoms with Gasteiger partial charge in [-0.05, 0) is 39.1 Å². The van der Waals surface area contributed by atoms with Gasteiger partial charge >= 0.3 is 5.63 Å². The lowest BCUT2D eigenvalue weighted by atomic mass is 10.1. The SMILES string of the molecule is COc1nc(C)cn2cc(-c3cc4ccc(N5CCN(C)C(C)C5)cc4oc3=O)nc12. The van der Waals surface area contributed by atoms with Gasteiger partial charge in [-0.3, -0.25) is 0 Å². The summed E-state index contributed by atoms with van der Waals surface area (Å²) < 4.78 is 12.9. The molecule has 31 heavy (non-hydrogen) atoms. The van der Waals surface area contributed by atoms with Crippen molar-refractivity contribution < 1.29 is 9.15 Å². The van der Waals surface area contributed by atoms with Gasteiger partial charge in [-0.15, -0.1) is 0 Å². The predicted molar refractivity (Wildman–Crippen MR) is 120 cm³/mol. The fraction of sp³-hybridized carbons (Fsp3) is 0.348. The Morgan fingerprint density at radius 3 is 2.77 bits per heavy atom. The Labute approximate surface area is 179 Å². The lowest BCUT2D eigenvalue weighted by Gasteiger charge is -2.39. The van der Waals surface area contributed by atoms with Crippen LogP contribution in [0.1, 0.15) is 12.6 Å². The number of nitrogens with zero attached hydrogens (tertiary/aromatic N) is 5. The molecule has 1 unspecified atom stereocenters. The molecule has 1 aliphatic rings. The third-order valence-corrected chi connectivity index (χ3v) is 6.04. The number of fused-ring (bicyclic) bond motifs is 2. The molecule has 0 N–H and O–H groups in total. The van der Waals surface area contributed by atoms with E-state index in [1.165, 1.54) is 0 Å². The number of methoxy groups -OCH3 is 1. The molecule has 1 aliphatic heterocycles. The Morgan fingerprint density at radius 1 is 1.16 bits per heavy atom. The van der Waals surface area contributed by atoms with Gasteiger partial charge in [0.1, 0.15) is 5.58 Å². The lowest BCUT2D eigenvalue weighted by molar-refractivity contribution is 0.234. The molecule has 0 radical (unpaired) electrons. The lowest BCUT2D eigenvalue weighted by Crippen LogP contribution is -2.50. The van der Waals surface area contributed by atoms with Crippen LogP contribution in [0, 0.1) is 6.92 Å². The predicted octanol–water partition coefficient (Wildman–Crippen LogP) is 2.96. The van der Waals surface area contributed by atoms with Gasteiger partial charge in [-0.1, -0.05) is 0 Å². The van der Waals surface area contributed by atoms with Crippen LogP contribution in [0.3, 0.4) is 0 Å². The van der Waals surface area contributed by atoms with Crippen molar-refractivity contribution in [1.82, 2.24) is 19.3 Å². The van der Waals surface area contributed by atoms with E-state index in [0.717, 1.165) is 36.4 Å². The van der Waals surface area contributed by atoms with Crippen molar-refractivity contribution in [3.63, 3.8) is 0 Å². The van der Waals surface area contributed by atoms with Gasteiger partial charge in [0, 0.05) is 55.2 Å². The van der Waals surface area contributed by atoms with Gasteiger partial charge in [0.15, 0.2) is 0 Å². The summed E-state index contributed by atoms with van der Waals surface area (Å²) >= 11 is 0. The summed E-state index contributed by atoms with van der Waals surface area (Å²) in [5.74, 6) is 0.419. The van der Waals surface area contributed by atoms with Crippen LogP contribution in [0.4, 0.5) is 5.69 Å². The number of benzene rings is 1. The van der Waals surface area contributed by atoms with Crippen molar-refractivity contribution in [1.29, 1.82) is 0 Å². The number of piperazine rings is 1. The van der Waals surface area contributed by atoms with Gasteiger partial charge in [0.05, 0.1) is 24.1 Å². The molecule has 5 rings (SSSR count). The third kappa shape index (κ3) is 3.42. The van der Waals surface area contributed by atoms with Gasteiger partial charge in [-0.25, -0.2) is 14.8 Å². The van der Waals surface area contributed by atoms with Crippen LogP contribution in [0.5, 0.6) is 5.88 Å². The Hall–Kier alpha value is -3.39. The molecule has 0 aliphatic carbocycles. The number of ether oxygens (including phenoxy) is 1. The normalized spacial score (nSPS) is 17.5. The average Bonchev–Trinajstić information content (AvgIpc) is 3.17. The second kappa shape index (κ2) is 7.39. The maximum Gasteiger partial charge on any atom is 0.345 e. The number of aryl methyl sites for hydroxylation is 1. The van der Waals surface area contributed by atoms with E-state index < -0.39 is 5.63 Å². The first-order chi connectivity index (χ1) is 14.9. The highest BCUT2D eigenvalue weighted by molar-refractivity contribution is 5.84. The molecule has 0 spiro atoms. The van der Waals surface area contributed by atoms with Crippen LogP contribution in [-0.2, 0) is 0 Å². The second-order valence-corrected chi connectivity index (χ2v) is 8.19. The van der Waals surface area contributed by atoms with Crippen LogP contribution >= 0.6 is 0 Å². The zero-order valence-corrected chi connectivity index (χ0v) is 18.1. The Balaban J connectivity index is 1.55. The van der Waals surface area contributed by atoms with Crippen LogP contribution in [0.2, 0.25) is 0 Å². The second-order valence-electron chi connectivity index (χ2n) is 8.19. The summed E-state index contributed by atoms with van der Waals surface area (Å²) in [7, 11) is 3.70. The fourth-order valence-electron chi connectivity index (χ4n) is 4.12. The number of hydrogen-bond donors (Lipinski definition) is 0. The molecule has 3 aromatic heterocycles. The topological polar surface area (TPSA) is 76.1 Å². The van der Waals surface area contributed by atoms with Crippen molar-refractivity contribution in [3.05, 3.63) is 52.8 Å². The minimum atomic E-state index is -0.413. The summed E-state index contributed by atoms with van der Waals surface area (Å²) in [6, 6.07) is 8.36. The molecule has 1 fully saturated rings. The summed E-state index contributed by atoms with van der Waals surface area (Å²) in [5.41, 5.74) is 3.53. The van der Waals surface area contributed by atoms with E-state index in [2.05, 4.69) is 39.8 Å². The number of aromatic nitrogens is 3. The number of anilines is 1. The molecule has 4 aromatic rings. The van der Waals surface area contributed by atoms with Gasteiger partial charge in [-0.2, -0.15) is 0 Å². The van der Waals surface area contributed by atoms with E-state index in [0.29, 0.717) is 34.4 Å². The Bertz CT molecular complexity index is 1340. The Kier molecular flexibility index (Phi) is 4.66. The molecular formula is C23H25N5O3. The first kappa shape index (κ1) is 19.6. The highest BCUT2D eigenvalue weighted by Gasteiger charge is 2.21. The van der Waals surface area contributed by atoms with Crippen molar-refractivity contribution >= 4 is 22.3 Å². The van der Waals surface area contributed by atoms with E-state index in [1.807, 2.05) is 35.7 Å². The number of imidazole rings is 1. The van der Waals surface area contributed by atoms with E-state index in [1.54, 1.807) is 13.3 Å². The summed E-state index contributed by atoms with van der Waals surface area (Å²) in [4.78, 5) is 26.4. The largest absolute Gasteiger partial charge is 0.478 e. The first-order valence-electron chi connectivity index (χ1n) is 10.4. The molecule has 0 bridgehead atoms. The minimum absolute atomic E-state index is 0.413. The molecular weight excluding hydrogens is 394 g/mol. The number of hydrogen-bond acceptors (Lipinski definition) is 7. The fourth-order valence-corrected chi connectivity index (χ4v) is 4.12. The molecule has 4 heterocycles. The molecule has 8 heteroatoms. The number of rotatable bonds is 3. The zero-order valence-electron chi connectivity index (χ0n) is 18.1. The highest BCUT2D eigenvalue weighted by atomic mass is 16.5. The maximum atomic E-state index is 12.8. The molecule has 0 saturated carbocycles. The van der Waals surface area contributed by atoms with Gasteiger partial charge in [0.2, 0.25) is 5.65 Å². The standard InChI is InChI=1S/C23H25N5O3/c1-14-11-28-13-19(25-21(28)22(24-14)30-4)18-9-16-5-6-17(10-20(16)31-23(18)29)27-8-7-26(3)15(2)12-27/h5-6,9-11,13,15H,7-8,12H2,1-4H3. The summed E-state index contributed by atoms with van der Waals surface area (Å²) in [6.07, 6.45) is 3.64. The summed E-state index contributed by atoms with van der Waals surface area (Å²) in [5, 5.41) is 0.860. The third-order valence-electron chi connectivity index (χ3n) is 6.04. The van der Waals surface area contributed by atoms with Crippen molar-refractivity contribution in [2.24, 2.45) is 0 Å². The van der Waals surface area contributed by atoms with Crippen molar-refractivity contribution in [2.45, 2.75) is 19.9 Å². The maximum absolute atomic E-state index is 12.8. The van der Waals surface area contributed by atoms with Crippen LogP contribution in [0.25, 0.3) is 27.9 Å². The minimum Gasteiger partial charge on any atom is -0.478 e. The van der Waals surface area contributed by atoms with Gasteiger partial charge < -0.3 is 23.4 Å². The van der Waals surface area contributed by atoms with Crippen molar-refractivity contribution in [3.8, 4) is 17.1 Å². The quantitative estimate of drug-likeness (QED) is 0.473. The van der Waals surface area contributed by atoms with Gasteiger partial charge in [0.25, 0.3) is 5.88 Å². The number of likely N-dealkylation sites (N-methyl/N-ethyl adjacent to an activating group) is 1. The smallest absolute Gasteiger partial charge is 0.345 e. The molecule has 1 atom stereocenters. The van der Waals surface area contributed by atoms with Crippen molar-refractivity contribution in [2.75, 3.05) is 38.7 Å². The molecule has 0 amide bonds. The molecule has 1 saturated heterocycles. The van der Waals surface area contributed by atoms with Crippen LogP contribution < -0.4 is 15.3 Å². The highest BCUT2D eigenvalue weighted by Crippen LogP contribution is 2.27. The molecule has 8 nitrogen and oxygen atoms in total. The van der Waals surface area contributed by atoms with E-state index in [4.69, 9.17) is 9.15 Å².